The van der Waals surface area contributed by atoms with E-state index in [1.54, 1.807) is 24.0 Å². The van der Waals surface area contributed by atoms with Crippen LogP contribution >= 0.6 is 11.8 Å². The molecule has 1 saturated carbocycles. The molecule has 0 radical (unpaired) electrons. The number of hydrogen-bond acceptors (Lipinski definition) is 5. The lowest BCUT2D eigenvalue weighted by Crippen LogP contribution is -2.17. The van der Waals surface area contributed by atoms with Crippen molar-refractivity contribution in [1.82, 2.24) is 9.97 Å². The fraction of sp³-hybridized carbons (Fsp3) is 0.583. The lowest BCUT2D eigenvalue weighted by molar-refractivity contribution is 0.318. The van der Waals surface area contributed by atoms with Crippen LogP contribution in [0.1, 0.15) is 38.3 Å². The first kappa shape index (κ1) is 13.1. The summed E-state index contributed by atoms with van der Waals surface area (Å²) in [4.78, 5) is 8.53. The van der Waals surface area contributed by atoms with Crippen LogP contribution in [0.5, 0.6) is 0 Å². The average molecular weight is 266 g/mol. The Morgan fingerprint density at radius 2 is 2.39 bits per heavy atom. The monoisotopic (exact) mass is 266 g/mol. The first-order chi connectivity index (χ1) is 8.69. The van der Waals surface area contributed by atoms with E-state index in [0.29, 0.717) is 16.1 Å². The van der Waals surface area contributed by atoms with Crippen molar-refractivity contribution in [1.29, 1.82) is 0 Å². The highest BCUT2D eigenvalue weighted by atomic mass is 32.2. The second-order valence-electron chi connectivity index (χ2n) is 4.72. The molecule has 1 aromatic rings. The van der Waals surface area contributed by atoms with Crippen LogP contribution < -0.4 is 5.73 Å². The van der Waals surface area contributed by atoms with Crippen molar-refractivity contribution in [2.45, 2.75) is 43.0 Å². The van der Waals surface area contributed by atoms with Crippen molar-refractivity contribution in [3.8, 4) is 0 Å². The van der Waals surface area contributed by atoms with Gasteiger partial charge in [-0.15, -0.1) is 0 Å². The van der Waals surface area contributed by atoms with Gasteiger partial charge >= 0.3 is 0 Å². The van der Waals surface area contributed by atoms with Gasteiger partial charge in [0.2, 0.25) is 0 Å². The first-order valence-corrected chi connectivity index (χ1v) is 7.04. The van der Waals surface area contributed by atoms with Crippen LogP contribution in [0.3, 0.4) is 0 Å². The Morgan fingerprint density at radius 3 is 3.11 bits per heavy atom. The van der Waals surface area contributed by atoms with Crippen molar-refractivity contribution in [2.75, 3.05) is 0 Å². The third-order valence-corrected chi connectivity index (χ3v) is 4.33. The van der Waals surface area contributed by atoms with E-state index in [4.69, 9.17) is 10.9 Å². The minimum Gasteiger partial charge on any atom is -0.409 e. The number of nitrogens with two attached hydrogens (primary N) is 1. The van der Waals surface area contributed by atoms with Crippen LogP contribution in [-0.2, 0) is 0 Å². The fourth-order valence-electron chi connectivity index (χ4n) is 2.23. The second kappa shape index (κ2) is 6.04. The summed E-state index contributed by atoms with van der Waals surface area (Å²) in [6, 6.07) is 1.64. The topological polar surface area (TPSA) is 84.4 Å². The Balaban J connectivity index is 2.05. The van der Waals surface area contributed by atoms with Crippen LogP contribution in [0, 0.1) is 5.92 Å². The molecule has 1 heterocycles. The normalized spacial score (nSPS) is 25.1. The lowest BCUT2D eigenvalue weighted by atomic mass is 9.91. The zero-order chi connectivity index (χ0) is 13.0. The number of nitrogens with zero attached hydrogens (tertiary/aromatic N) is 3. The molecule has 1 fully saturated rings. The Labute approximate surface area is 111 Å². The molecule has 98 valence electrons. The maximum atomic E-state index is 8.63. The van der Waals surface area contributed by atoms with Gasteiger partial charge in [-0.1, -0.05) is 36.7 Å². The predicted molar refractivity (Wildman–Crippen MR) is 71.8 cm³/mol. The SMILES string of the molecule is CC1CCCC(Sc2nccc(/C(N)=N/O)n2)C1. The number of aromatic nitrogens is 2. The zero-order valence-corrected chi connectivity index (χ0v) is 11.2. The molecule has 2 rings (SSSR count). The van der Waals surface area contributed by atoms with E-state index in [-0.39, 0.29) is 5.84 Å². The van der Waals surface area contributed by atoms with Gasteiger partial charge in [-0.25, -0.2) is 9.97 Å². The summed E-state index contributed by atoms with van der Waals surface area (Å²) >= 11 is 1.70. The molecule has 0 bridgehead atoms. The van der Waals surface area contributed by atoms with Crippen molar-refractivity contribution in [3.63, 3.8) is 0 Å². The van der Waals surface area contributed by atoms with Crippen molar-refractivity contribution < 1.29 is 5.21 Å². The van der Waals surface area contributed by atoms with Gasteiger partial charge < -0.3 is 10.9 Å². The molecule has 1 aromatic heterocycles. The number of thioether (sulfide) groups is 1. The molecule has 2 atom stereocenters. The van der Waals surface area contributed by atoms with Crippen LogP contribution in [-0.4, -0.2) is 26.3 Å². The molecule has 18 heavy (non-hydrogen) atoms. The summed E-state index contributed by atoms with van der Waals surface area (Å²) in [6.07, 6.45) is 6.67. The van der Waals surface area contributed by atoms with Crippen LogP contribution in [0.15, 0.2) is 22.6 Å². The van der Waals surface area contributed by atoms with Crippen LogP contribution in [0.25, 0.3) is 0 Å². The van der Waals surface area contributed by atoms with Crippen molar-refractivity contribution in [2.24, 2.45) is 16.8 Å². The highest BCUT2D eigenvalue weighted by Crippen LogP contribution is 2.34. The average Bonchev–Trinajstić information content (AvgIpc) is 2.38. The Kier molecular flexibility index (Phi) is 4.41. The maximum absolute atomic E-state index is 8.63. The fourth-order valence-corrected chi connectivity index (χ4v) is 3.51. The molecule has 1 aliphatic carbocycles. The third kappa shape index (κ3) is 3.35. The Hall–Kier alpha value is -1.30. The highest BCUT2D eigenvalue weighted by Gasteiger charge is 2.20. The molecule has 0 aromatic carbocycles. The molecule has 0 aliphatic heterocycles. The van der Waals surface area contributed by atoms with E-state index in [1.807, 2.05) is 0 Å². The number of amidine groups is 1. The van der Waals surface area contributed by atoms with Gasteiger partial charge in [-0.05, 0) is 24.8 Å². The third-order valence-electron chi connectivity index (χ3n) is 3.16. The molecular formula is C12H18N4OS. The first-order valence-electron chi connectivity index (χ1n) is 6.16. The summed E-state index contributed by atoms with van der Waals surface area (Å²) < 4.78 is 0. The minimum absolute atomic E-state index is 0.0243. The van der Waals surface area contributed by atoms with E-state index in [0.717, 1.165) is 5.92 Å². The smallest absolute Gasteiger partial charge is 0.188 e. The summed E-state index contributed by atoms with van der Waals surface area (Å²) in [5.74, 6) is 0.805. The molecule has 1 aliphatic rings. The van der Waals surface area contributed by atoms with E-state index in [9.17, 15) is 0 Å². The van der Waals surface area contributed by atoms with Gasteiger partial charge in [0.1, 0.15) is 5.69 Å². The zero-order valence-electron chi connectivity index (χ0n) is 10.4. The number of hydrogen-bond donors (Lipinski definition) is 2. The standard InChI is InChI=1S/C12H18N4OS/c1-8-3-2-4-9(7-8)18-12-14-6-5-10(15-12)11(13)16-17/h5-6,8-9,17H,2-4,7H2,1H3,(H2,13,16). The van der Waals surface area contributed by atoms with Gasteiger partial charge in [0.25, 0.3) is 0 Å². The molecule has 6 heteroatoms. The Bertz CT molecular complexity index is 438. The minimum atomic E-state index is 0.0243. The largest absolute Gasteiger partial charge is 0.409 e. The lowest BCUT2D eigenvalue weighted by Gasteiger charge is -2.25. The summed E-state index contributed by atoms with van der Waals surface area (Å²) in [7, 11) is 0. The van der Waals surface area contributed by atoms with Crippen molar-refractivity contribution >= 4 is 17.6 Å². The molecule has 3 N–H and O–H groups in total. The molecule has 0 spiro atoms. The molecule has 2 unspecified atom stereocenters. The highest BCUT2D eigenvalue weighted by molar-refractivity contribution is 7.99. The van der Waals surface area contributed by atoms with E-state index in [2.05, 4.69) is 22.0 Å². The van der Waals surface area contributed by atoms with Gasteiger partial charge in [0, 0.05) is 11.4 Å². The molecule has 5 nitrogen and oxygen atoms in total. The predicted octanol–water partition coefficient (Wildman–Crippen LogP) is 2.24. The van der Waals surface area contributed by atoms with E-state index < -0.39 is 0 Å². The molecule has 0 amide bonds. The quantitative estimate of drug-likeness (QED) is 0.288. The Morgan fingerprint density at radius 1 is 1.56 bits per heavy atom. The van der Waals surface area contributed by atoms with Gasteiger partial charge in [-0.2, -0.15) is 0 Å². The summed E-state index contributed by atoms with van der Waals surface area (Å²) in [5.41, 5.74) is 5.99. The number of oxime groups is 1. The summed E-state index contributed by atoms with van der Waals surface area (Å²) in [5, 5.41) is 12.9. The second-order valence-corrected chi connectivity index (χ2v) is 5.99. The molecular weight excluding hydrogens is 248 g/mol. The molecule has 0 saturated heterocycles. The number of rotatable bonds is 3. The maximum Gasteiger partial charge on any atom is 0.188 e. The van der Waals surface area contributed by atoms with Gasteiger partial charge in [0.05, 0.1) is 0 Å². The van der Waals surface area contributed by atoms with E-state index >= 15 is 0 Å². The van der Waals surface area contributed by atoms with Gasteiger partial charge in [0.15, 0.2) is 11.0 Å². The van der Waals surface area contributed by atoms with Crippen molar-refractivity contribution in [3.05, 3.63) is 18.0 Å². The van der Waals surface area contributed by atoms with Crippen LogP contribution in [0.2, 0.25) is 0 Å². The van der Waals surface area contributed by atoms with E-state index in [1.165, 1.54) is 25.7 Å². The van der Waals surface area contributed by atoms with Crippen LogP contribution in [0.4, 0.5) is 0 Å². The van der Waals surface area contributed by atoms with Gasteiger partial charge in [-0.3, -0.25) is 0 Å². The summed E-state index contributed by atoms with van der Waals surface area (Å²) in [6.45, 7) is 2.29.